The van der Waals surface area contributed by atoms with E-state index >= 15 is 0 Å². The average Bonchev–Trinajstić information content (AvgIpc) is 3.19. The van der Waals surface area contributed by atoms with Crippen LogP contribution in [0.5, 0.6) is 23.0 Å². The molecule has 0 aliphatic carbocycles. The highest BCUT2D eigenvalue weighted by Gasteiger charge is 2.22. The van der Waals surface area contributed by atoms with Crippen molar-refractivity contribution < 1.29 is 23.9 Å². The number of nitrogens with zero attached hydrogens (tertiary/aromatic N) is 2. The number of hydrogen-bond donors (Lipinski definition) is 1. The molecule has 1 heterocycles. The van der Waals surface area contributed by atoms with Crippen LogP contribution in [0.2, 0.25) is 0 Å². The van der Waals surface area contributed by atoms with Crippen LogP contribution in [-0.4, -0.2) is 43.9 Å². The zero-order valence-corrected chi connectivity index (χ0v) is 16.6. The van der Waals surface area contributed by atoms with E-state index in [4.69, 9.17) is 24.7 Å². The van der Waals surface area contributed by atoms with Crippen LogP contribution in [0.4, 0.5) is 5.69 Å². The molecule has 2 aromatic carbocycles. The third-order valence-electron chi connectivity index (χ3n) is 4.70. The van der Waals surface area contributed by atoms with Gasteiger partial charge in [0, 0.05) is 25.2 Å². The Bertz CT molecular complexity index is 874. The molecule has 9 heteroatoms. The van der Waals surface area contributed by atoms with Gasteiger partial charge in [-0.2, -0.15) is 0 Å². The van der Waals surface area contributed by atoms with E-state index in [2.05, 4.69) is 4.90 Å². The van der Waals surface area contributed by atoms with E-state index in [9.17, 15) is 10.1 Å². The number of nitrogens with two attached hydrogens (primary N) is 1. The van der Waals surface area contributed by atoms with Gasteiger partial charge in [-0.15, -0.1) is 0 Å². The summed E-state index contributed by atoms with van der Waals surface area (Å²) in [6.45, 7) is 2.39. The van der Waals surface area contributed by atoms with Gasteiger partial charge in [-0.05, 0) is 36.7 Å². The van der Waals surface area contributed by atoms with Gasteiger partial charge in [0.05, 0.1) is 25.2 Å². The molecule has 29 heavy (non-hydrogen) atoms. The fourth-order valence-corrected chi connectivity index (χ4v) is 3.27. The highest BCUT2D eigenvalue weighted by molar-refractivity contribution is 5.54. The summed E-state index contributed by atoms with van der Waals surface area (Å²) in [7, 11) is 2.96. The lowest BCUT2D eigenvalue weighted by Gasteiger charge is -2.23. The molecular weight excluding hydrogens is 378 g/mol. The second-order valence-electron chi connectivity index (χ2n) is 6.63. The minimum atomic E-state index is -0.404. The first-order chi connectivity index (χ1) is 14.0. The van der Waals surface area contributed by atoms with E-state index in [-0.39, 0.29) is 12.5 Å². The first-order valence-electron chi connectivity index (χ1n) is 9.26. The third kappa shape index (κ3) is 4.87. The molecule has 0 saturated heterocycles. The lowest BCUT2D eigenvalue weighted by atomic mass is 10.1. The third-order valence-corrected chi connectivity index (χ3v) is 4.70. The summed E-state index contributed by atoms with van der Waals surface area (Å²) in [5, 5.41) is 11.6. The Kier molecular flexibility index (Phi) is 6.73. The minimum Gasteiger partial charge on any atom is -0.493 e. The Hall–Kier alpha value is -3.04. The van der Waals surface area contributed by atoms with E-state index in [0.29, 0.717) is 49.0 Å². The van der Waals surface area contributed by atoms with Crippen molar-refractivity contribution in [3.63, 3.8) is 0 Å². The second kappa shape index (κ2) is 9.44. The van der Waals surface area contributed by atoms with Crippen LogP contribution in [0.25, 0.3) is 0 Å². The standard InChI is InChI=1S/C20H25N3O6/c1-26-18-9-15(16(23(24)25)10-19(18)27-2)12-22(7-3-6-21)11-14-4-5-17-20(8-14)29-13-28-17/h4-5,8-10H,3,6-7,11-13,21H2,1-2H3. The number of ether oxygens (including phenoxy) is 4. The number of rotatable bonds is 10. The van der Waals surface area contributed by atoms with E-state index < -0.39 is 4.92 Å². The smallest absolute Gasteiger partial charge is 0.277 e. The fourth-order valence-electron chi connectivity index (χ4n) is 3.27. The SMILES string of the molecule is COc1cc(CN(CCCN)Cc2ccc3c(c2)OCO3)c([N+](=O)[O-])cc1OC. The first kappa shape index (κ1) is 20.7. The predicted molar refractivity (Wildman–Crippen MR) is 107 cm³/mol. The van der Waals surface area contributed by atoms with Gasteiger partial charge in [-0.25, -0.2) is 0 Å². The summed E-state index contributed by atoms with van der Waals surface area (Å²) in [5.74, 6) is 2.21. The molecule has 0 spiro atoms. The van der Waals surface area contributed by atoms with Crippen molar-refractivity contribution in [1.29, 1.82) is 0 Å². The normalized spacial score (nSPS) is 12.3. The molecule has 0 fully saturated rings. The van der Waals surface area contributed by atoms with E-state index in [0.717, 1.165) is 17.7 Å². The van der Waals surface area contributed by atoms with E-state index in [1.54, 1.807) is 6.07 Å². The van der Waals surface area contributed by atoms with Gasteiger partial charge < -0.3 is 24.7 Å². The van der Waals surface area contributed by atoms with Gasteiger partial charge >= 0.3 is 0 Å². The van der Waals surface area contributed by atoms with Gasteiger partial charge in [-0.3, -0.25) is 15.0 Å². The first-order valence-corrected chi connectivity index (χ1v) is 9.26. The average molecular weight is 403 g/mol. The highest BCUT2D eigenvalue weighted by Crippen LogP contribution is 2.36. The lowest BCUT2D eigenvalue weighted by Crippen LogP contribution is -2.26. The number of nitro groups is 1. The maximum absolute atomic E-state index is 11.6. The quantitative estimate of drug-likeness (QED) is 0.476. The minimum absolute atomic E-state index is 0.00825. The second-order valence-corrected chi connectivity index (χ2v) is 6.63. The van der Waals surface area contributed by atoms with Crippen molar-refractivity contribution in [1.82, 2.24) is 4.90 Å². The Balaban J connectivity index is 1.87. The number of fused-ring (bicyclic) bond motifs is 1. The van der Waals surface area contributed by atoms with Gasteiger partial charge in [0.2, 0.25) is 6.79 Å². The topological polar surface area (TPSA) is 109 Å². The predicted octanol–water partition coefficient (Wildman–Crippen LogP) is 2.69. The number of benzene rings is 2. The maximum atomic E-state index is 11.6. The summed E-state index contributed by atoms with van der Waals surface area (Å²) in [4.78, 5) is 13.3. The summed E-state index contributed by atoms with van der Waals surface area (Å²) in [6, 6.07) is 8.83. The molecule has 0 radical (unpaired) electrons. The lowest BCUT2D eigenvalue weighted by molar-refractivity contribution is -0.385. The molecule has 0 unspecified atom stereocenters. The molecule has 156 valence electrons. The Morgan fingerprint density at radius 3 is 2.52 bits per heavy atom. The van der Waals surface area contributed by atoms with Gasteiger partial charge in [0.15, 0.2) is 23.0 Å². The zero-order valence-electron chi connectivity index (χ0n) is 16.6. The number of methoxy groups -OCH3 is 2. The fraction of sp³-hybridized carbons (Fsp3) is 0.400. The summed E-state index contributed by atoms with van der Waals surface area (Å²) in [5.41, 5.74) is 7.25. The number of hydrogen-bond acceptors (Lipinski definition) is 8. The summed E-state index contributed by atoms with van der Waals surface area (Å²) in [6.07, 6.45) is 0.769. The van der Waals surface area contributed by atoms with Crippen molar-refractivity contribution in [3.05, 3.63) is 51.6 Å². The Morgan fingerprint density at radius 2 is 1.83 bits per heavy atom. The largest absolute Gasteiger partial charge is 0.493 e. The van der Waals surface area contributed by atoms with E-state index in [1.165, 1.54) is 20.3 Å². The molecule has 1 aliphatic rings. The zero-order chi connectivity index (χ0) is 20.8. The molecule has 0 amide bonds. The van der Waals surface area contributed by atoms with Crippen molar-refractivity contribution in [2.24, 2.45) is 5.73 Å². The van der Waals surface area contributed by atoms with Crippen LogP contribution in [0.3, 0.4) is 0 Å². The van der Waals surface area contributed by atoms with Crippen LogP contribution in [0.15, 0.2) is 30.3 Å². The van der Waals surface area contributed by atoms with Gasteiger partial charge in [0.25, 0.3) is 5.69 Å². The van der Waals surface area contributed by atoms with Crippen LogP contribution in [-0.2, 0) is 13.1 Å². The van der Waals surface area contributed by atoms with Crippen molar-refractivity contribution in [3.8, 4) is 23.0 Å². The monoisotopic (exact) mass is 403 g/mol. The van der Waals surface area contributed by atoms with Crippen LogP contribution < -0.4 is 24.7 Å². The molecule has 1 aliphatic heterocycles. The Morgan fingerprint density at radius 1 is 1.10 bits per heavy atom. The molecule has 2 N–H and O–H groups in total. The summed E-state index contributed by atoms with van der Waals surface area (Å²) < 4.78 is 21.3. The Labute approximate surface area is 169 Å². The van der Waals surface area contributed by atoms with Crippen LogP contribution in [0.1, 0.15) is 17.5 Å². The molecule has 0 atom stereocenters. The van der Waals surface area contributed by atoms with Crippen molar-refractivity contribution >= 4 is 5.69 Å². The summed E-state index contributed by atoms with van der Waals surface area (Å²) >= 11 is 0. The van der Waals surface area contributed by atoms with Gasteiger partial charge in [-0.1, -0.05) is 6.07 Å². The van der Waals surface area contributed by atoms with Gasteiger partial charge in [0.1, 0.15) is 0 Å². The molecule has 0 aromatic heterocycles. The maximum Gasteiger partial charge on any atom is 0.277 e. The molecular formula is C20H25N3O6. The molecule has 0 bridgehead atoms. The molecule has 3 rings (SSSR count). The molecule has 2 aromatic rings. The molecule has 0 saturated carbocycles. The van der Waals surface area contributed by atoms with E-state index in [1.807, 2.05) is 18.2 Å². The molecule has 9 nitrogen and oxygen atoms in total. The van der Waals surface area contributed by atoms with Crippen molar-refractivity contribution in [2.45, 2.75) is 19.5 Å². The van der Waals surface area contributed by atoms with Crippen molar-refractivity contribution in [2.75, 3.05) is 34.1 Å². The highest BCUT2D eigenvalue weighted by atomic mass is 16.7. The van der Waals surface area contributed by atoms with Crippen LogP contribution >= 0.6 is 0 Å². The van der Waals surface area contributed by atoms with Crippen LogP contribution in [0, 0.1) is 10.1 Å². The number of nitro benzene ring substituents is 1.